The van der Waals surface area contributed by atoms with Gasteiger partial charge in [-0.2, -0.15) is 8.42 Å². The minimum atomic E-state index is -4.43. The summed E-state index contributed by atoms with van der Waals surface area (Å²) in [7, 11) is -4.43. The van der Waals surface area contributed by atoms with Crippen molar-refractivity contribution < 1.29 is 52.4 Å². The third-order valence-electron chi connectivity index (χ3n) is 4.92. The Hall–Kier alpha value is -1.05. The average Bonchev–Trinajstić information content (AvgIpc) is 2.68. The number of hydrogen-bond donors (Lipinski definition) is 1. The van der Waals surface area contributed by atoms with Crippen molar-refractivity contribution in [2.24, 2.45) is 0 Å². The summed E-state index contributed by atoms with van der Waals surface area (Å²) >= 11 is 0. The van der Waals surface area contributed by atoms with Gasteiger partial charge < -0.3 is 9.84 Å². The fraction of sp³-hybridized carbons (Fsp3) is 0.478. The molecule has 0 saturated heterocycles. The molecule has 0 fully saturated rings. The first-order chi connectivity index (χ1) is 13.9. The summed E-state index contributed by atoms with van der Waals surface area (Å²) in [5.41, 5.74) is 0.979. The van der Waals surface area contributed by atoms with Crippen LogP contribution in [0.4, 0.5) is 0 Å². The van der Waals surface area contributed by atoms with Crippen LogP contribution in [-0.4, -0.2) is 13.0 Å². The van der Waals surface area contributed by atoms with Gasteiger partial charge in [0.15, 0.2) is 0 Å². The van der Waals surface area contributed by atoms with Crippen LogP contribution in [0.5, 0.6) is 17.2 Å². The first-order valence-corrected chi connectivity index (χ1v) is 11.9. The summed E-state index contributed by atoms with van der Waals surface area (Å²) in [6.45, 7) is 2.23. The van der Waals surface area contributed by atoms with Crippen molar-refractivity contribution in [2.75, 3.05) is 0 Å². The van der Waals surface area contributed by atoms with Crippen molar-refractivity contribution >= 4 is 10.1 Å². The number of hydrogen-bond acceptors (Lipinski definition) is 4. The topological polar surface area (TPSA) is 86.7 Å². The zero-order chi connectivity index (χ0) is 21.1. The van der Waals surface area contributed by atoms with E-state index in [2.05, 4.69) is 6.92 Å². The Morgan fingerprint density at radius 2 is 1.47 bits per heavy atom. The van der Waals surface area contributed by atoms with Crippen LogP contribution in [0.25, 0.3) is 0 Å². The van der Waals surface area contributed by atoms with E-state index in [0.717, 1.165) is 24.8 Å². The SMILES string of the molecule is CCCCCCCCCCCc1ccc([O-])c(Oc2ccccc2S(=O)(=O)O)c1.[Na+]. The van der Waals surface area contributed by atoms with Crippen LogP contribution in [0.2, 0.25) is 0 Å². The summed E-state index contributed by atoms with van der Waals surface area (Å²) in [5, 5.41) is 12.1. The molecule has 0 aliphatic rings. The maximum Gasteiger partial charge on any atom is 1.00 e. The number of para-hydroxylation sites is 1. The van der Waals surface area contributed by atoms with Crippen LogP contribution in [0.3, 0.4) is 0 Å². The minimum Gasteiger partial charge on any atom is -0.870 e. The van der Waals surface area contributed by atoms with Gasteiger partial charge in [0.05, 0.1) is 0 Å². The van der Waals surface area contributed by atoms with Gasteiger partial charge in [-0.3, -0.25) is 4.55 Å². The van der Waals surface area contributed by atoms with Gasteiger partial charge in [0.2, 0.25) is 0 Å². The molecule has 2 aromatic rings. The van der Waals surface area contributed by atoms with Crippen molar-refractivity contribution in [2.45, 2.75) is 76.0 Å². The fourth-order valence-electron chi connectivity index (χ4n) is 3.29. The van der Waals surface area contributed by atoms with Crippen LogP contribution in [-0.2, 0) is 16.5 Å². The van der Waals surface area contributed by atoms with Gasteiger partial charge in [0.1, 0.15) is 16.4 Å². The molecular weight excluding hydrogens is 411 g/mol. The van der Waals surface area contributed by atoms with E-state index in [1.54, 1.807) is 18.2 Å². The van der Waals surface area contributed by atoms with E-state index in [0.29, 0.717) is 0 Å². The van der Waals surface area contributed by atoms with Gasteiger partial charge >= 0.3 is 29.6 Å². The predicted octanol–water partition coefficient (Wildman–Crippen LogP) is 2.88. The standard InChI is InChI=1S/C23H32O5S.Na/c1-2-3-4-5-6-7-8-9-10-13-19-16-17-20(24)22(18-19)28-21-14-11-12-15-23(21)29(25,26)27;/h11-12,14-18,24H,2-10,13H2,1H3,(H,25,26,27);/q;+1/p-1. The minimum absolute atomic E-state index is 0. The Labute approximate surface area is 202 Å². The largest absolute Gasteiger partial charge is 1.00 e. The molecule has 0 atom stereocenters. The summed E-state index contributed by atoms with van der Waals surface area (Å²) in [6.07, 6.45) is 12.1. The molecule has 0 amide bonds. The fourth-order valence-corrected chi connectivity index (χ4v) is 3.91. The van der Waals surface area contributed by atoms with Gasteiger partial charge in [-0.1, -0.05) is 88.3 Å². The van der Waals surface area contributed by atoms with Crippen LogP contribution in [0, 0.1) is 0 Å². The summed E-state index contributed by atoms with van der Waals surface area (Å²) in [5.74, 6) is -0.326. The maximum atomic E-state index is 12.1. The van der Waals surface area contributed by atoms with Gasteiger partial charge in [0, 0.05) is 0 Å². The van der Waals surface area contributed by atoms with E-state index in [-0.39, 0.29) is 51.7 Å². The van der Waals surface area contributed by atoms with Crippen LogP contribution in [0.1, 0.15) is 70.3 Å². The molecule has 0 heterocycles. The first-order valence-electron chi connectivity index (χ1n) is 10.5. The maximum absolute atomic E-state index is 12.1. The number of ether oxygens (including phenoxy) is 1. The molecule has 30 heavy (non-hydrogen) atoms. The molecule has 160 valence electrons. The smallest absolute Gasteiger partial charge is 0.870 e. The Kier molecular flexibility index (Phi) is 12.7. The zero-order valence-corrected chi connectivity index (χ0v) is 20.9. The molecule has 2 rings (SSSR count). The zero-order valence-electron chi connectivity index (χ0n) is 18.1. The molecule has 0 aromatic heterocycles. The molecule has 0 spiro atoms. The van der Waals surface area contributed by atoms with Gasteiger partial charge in [-0.15, -0.1) is 0 Å². The van der Waals surface area contributed by atoms with Crippen molar-refractivity contribution in [3.8, 4) is 17.2 Å². The molecule has 0 saturated carbocycles. The predicted molar refractivity (Wildman–Crippen MR) is 113 cm³/mol. The van der Waals surface area contributed by atoms with E-state index in [1.807, 2.05) is 0 Å². The van der Waals surface area contributed by atoms with Crippen LogP contribution >= 0.6 is 0 Å². The van der Waals surface area contributed by atoms with E-state index in [9.17, 15) is 18.1 Å². The van der Waals surface area contributed by atoms with Gasteiger partial charge in [0.25, 0.3) is 10.1 Å². The van der Waals surface area contributed by atoms with Crippen molar-refractivity contribution in [3.63, 3.8) is 0 Å². The third kappa shape index (κ3) is 9.40. The summed E-state index contributed by atoms with van der Waals surface area (Å²) < 4.78 is 37.9. The summed E-state index contributed by atoms with van der Waals surface area (Å²) in [6, 6.07) is 10.6. The molecule has 0 bridgehead atoms. The molecule has 5 nitrogen and oxygen atoms in total. The molecule has 1 N–H and O–H groups in total. The monoisotopic (exact) mass is 442 g/mol. The Morgan fingerprint density at radius 1 is 0.867 bits per heavy atom. The van der Waals surface area contributed by atoms with E-state index < -0.39 is 10.1 Å². The third-order valence-corrected chi connectivity index (χ3v) is 5.82. The molecule has 7 heteroatoms. The molecular formula is C23H31NaO5S. The average molecular weight is 443 g/mol. The number of unbranched alkanes of at least 4 members (excludes halogenated alkanes) is 8. The Bertz CT molecular complexity index is 868. The first kappa shape index (κ1) is 27.0. The van der Waals surface area contributed by atoms with Crippen molar-refractivity contribution in [1.82, 2.24) is 0 Å². The number of rotatable bonds is 13. The van der Waals surface area contributed by atoms with Crippen molar-refractivity contribution in [1.29, 1.82) is 0 Å². The normalized spacial score (nSPS) is 11.1. The van der Waals surface area contributed by atoms with Crippen LogP contribution < -0.4 is 39.4 Å². The molecule has 0 aliphatic carbocycles. The van der Waals surface area contributed by atoms with Crippen molar-refractivity contribution in [3.05, 3.63) is 48.0 Å². The quantitative estimate of drug-likeness (QED) is 0.293. The second-order valence-corrected chi connectivity index (χ2v) is 8.77. The van der Waals surface area contributed by atoms with E-state index in [1.165, 1.54) is 69.2 Å². The van der Waals surface area contributed by atoms with Crippen LogP contribution in [0.15, 0.2) is 47.4 Å². The molecule has 0 aliphatic heterocycles. The number of benzene rings is 2. The number of aryl methyl sites for hydroxylation is 1. The Morgan fingerprint density at radius 3 is 2.10 bits per heavy atom. The molecule has 0 unspecified atom stereocenters. The van der Waals surface area contributed by atoms with Gasteiger partial charge in [-0.25, -0.2) is 0 Å². The van der Waals surface area contributed by atoms with Gasteiger partial charge in [-0.05, 0) is 36.6 Å². The second kappa shape index (κ2) is 14.1. The summed E-state index contributed by atoms with van der Waals surface area (Å²) in [4.78, 5) is -0.358. The van der Waals surface area contributed by atoms with E-state index >= 15 is 0 Å². The Balaban J connectivity index is 0.00000450. The molecule has 2 aromatic carbocycles. The van der Waals surface area contributed by atoms with E-state index in [4.69, 9.17) is 4.74 Å². The molecule has 0 radical (unpaired) electrons. The second-order valence-electron chi connectivity index (χ2n) is 7.38.